The SMILES string of the molecule is CCCCCCCCCCCCCCCCN1C(=O)C(=O)C(=C(O)c2ccc(Cl)cc2)[C@@H]1c1ccccc1. The number of carbonyl (C=O) groups is 2. The topological polar surface area (TPSA) is 57.6 Å². The number of Topliss-reactive ketones (excluding diaryl/α,β-unsaturated/α-hetero) is 1. The van der Waals surface area contributed by atoms with Gasteiger partial charge < -0.3 is 10.0 Å². The summed E-state index contributed by atoms with van der Waals surface area (Å²) in [5, 5.41) is 11.6. The molecule has 1 fully saturated rings. The third-order valence-electron chi connectivity index (χ3n) is 7.53. The van der Waals surface area contributed by atoms with Crippen molar-refractivity contribution in [2.45, 2.75) is 103 Å². The van der Waals surface area contributed by atoms with Crippen molar-refractivity contribution in [3.05, 3.63) is 76.3 Å². The van der Waals surface area contributed by atoms with E-state index in [0.717, 1.165) is 24.8 Å². The van der Waals surface area contributed by atoms with E-state index in [-0.39, 0.29) is 11.3 Å². The summed E-state index contributed by atoms with van der Waals surface area (Å²) in [7, 11) is 0. The summed E-state index contributed by atoms with van der Waals surface area (Å²) >= 11 is 6.00. The zero-order valence-corrected chi connectivity index (χ0v) is 23.7. The van der Waals surface area contributed by atoms with E-state index in [9.17, 15) is 14.7 Å². The molecule has 0 aromatic heterocycles. The van der Waals surface area contributed by atoms with Gasteiger partial charge in [0.05, 0.1) is 11.6 Å². The highest BCUT2D eigenvalue weighted by molar-refractivity contribution is 6.46. The van der Waals surface area contributed by atoms with Crippen molar-refractivity contribution in [2.24, 2.45) is 0 Å². The van der Waals surface area contributed by atoms with Gasteiger partial charge in [0.2, 0.25) is 0 Å². The van der Waals surface area contributed by atoms with Crippen LogP contribution in [0.15, 0.2) is 60.2 Å². The fraction of sp³-hybridized carbons (Fsp3) is 0.515. The molecule has 1 heterocycles. The second kappa shape index (κ2) is 16.4. The van der Waals surface area contributed by atoms with Crippen molar-refractivity contribution in [1.29, 1.82) is 0 Å². The van der Waals surface area contributed by atoms with Crippen LogP contribution in [0.4, 0.5) is 0 Å². The Labute approximate surface area is 234 Å². The maximum Gasteiger partial charge on any atom is 0.295 e. The van der Waals surface area contributed by atoms with E-state index in [1.165, 1.54) is 70.6 Å². The first-order valence-electron chi connectivity index (χ1n) is 14.6. The number of nitrogens with zero attached hydrogens (tertiary/aromatic N) is 1. The summed E-state index contributed by atoms with van der Waals surface area (Å²) in [5.41, 5.74) is 1.45. The van der Waals surface area contributed by atoms with Crippen molar-refractivity contribution in [3.63, 3.8) is 0 Å². The molecule has 5 heteroatoms. The Morgan fingerprint density at radius 1 is 0.737 bits per heavy atom. The summed E-state index contributed by atoms with van der Waals surface area (Å²) < 4.78 is 0. The van der Waals surface area contributed by atoms with Crippen molar-refractivity contribution in [3.8, 4) is 0 Å². The first-order valence-corrected chi connectivity index (χ1v) is 15.0. The number of rotatable bonds is 17. The van der Waals surface area contributed by atoms with Gasteiger partial charge >= 0.3 is 0 Å². The second-order valence-corrected chi connectivity index (χ2v) is 10.9. The summed E-state index contributed by atoms with van der Waals surface area (Å²) in [6.07, 6.45) is 17.7. The summed E-state index contributed by atoms with van der Waals surface area (Å²) in [5.74, 6) is -1.32. The van der Waals surface area contributed by atoms with Gasteiger partial charge in [-0.15, -0.1) is 0 Å². The molecule has 1 atom stereocenters. The van der Waals surface area contributed by atoms with Crippen LogP contribution in [-0.4, -0.2) is 28.2 Å². The molecule has 0 unspecified atom stereocenters. The molecule has 0 bridgehead atoms. The molecule has 3 rings (SSSR count). The van der Waals surface area contributed by atoms with Gasteiger partial charge in [0.25, 0.3) is 11.7 Å². The van der Waals surface area contributed by atoms with Gasteiger partial charge in [-0.25, -0.2) is 0 Å². The second-order valence-electron chi connectivity index (χ2n) is 10.5. The standard InChI is InChI=1S/C33H44ClNO3/c1-2-3-4-5-6-7-8-9-10-11-12-13-14-18-25-35-30(26-19-16-15-17-20-26)29(32(37)33(35)38)31(36)27-21-23-28(34)24-22-27/h15-17,19-24,30,36H,2-14,18,25H2,1H3/t30-/m0/s1. The van der Waals surface area contributed by atoms with E-state index in [4.69, 9.17) is 11.6 Å². The van der Waals surface area contributed by atoms with Gasteiger partial charge in [0.15, 0.2) is 0 Å². The van der Waals surface area contributed by atoms with E-state index >= 15 is 0 Å². The Balaban J connectivity index is 1.49. The normalized spacial score (nSPS) is 16.9. The number of carbonyl (C=O) groups excluding carboxylic acids is 2. The quantitative estimate of drug-likeness (QED) is 0.0946. The Morgan fingerprint density at radius 3 is 1.76 bits per heavy atom. The molecule has 1 amide bonds. The predicted molar refractivity (Wildman–Crippen MR) is 157 cm³/mol. The average molecular weight is 538 g/mol. The lowest BCUT2D eigenvalue weighted by Crippen LogP contribution is -2.30. The molecule has 2 aromatic rings. The third kappa shape index (κ3) is 8.73. The Bertz CT molecular complexity index is 1030. The molecule has 38 heavy (non-hydrogen) atoms. The van der Waals surface area contributed by atoms with E-state index in [1.54, 1.807) is 29.2 Å². The van der Waals surface area contributed by atoms with Crippen LogP contribution >= 0.6 is 11.6 Å². The third-order valence-corrected chi connectivity index (χ3v) is 7.78. The molecule has 2 aromatic carbocycles. The molecule has 1 aliphatic heterocycles. The van der Waals surface area contributed by atoms with Crippen LogP contribution in [0.25, 0.3) is 5.76 Å². The fourth-order valence-electron chi connectivity index (χ4n) is 5.33. The number of hydrogen-bond donors (Lipinski definition) is 1. The lowest BCUT2D eigenvalue weighted by Gasteiger charge is -2.25. The minimum atomic E-state index is -0.628. The van der Waals surface area contributed by atoms with Crippen LogP contribution in [0.2, 0.25) is 5.02 Å². The van der Waals surface area contributed by atoms with E-state index in [0.29, 0.717) is 17.1 Å². The Morgan fingerprint density at radius 2 is 1.24 bits per heavy atom. The predicted octanol–water partition coefficient (Wildman–Crippen LogP) is 9.24. The van der Waals surface area contributed by atoms with Crippen molar-refractivity contribution in [2.75, 3.05) is 6.54 Å². The monoisotopic (exact) mass is 537 g/mol. The molecule has 1 aliphatic rings. The van der Waals surface area contributed by atoms with E-state index < -0.39 is 17.7 Å². The number of halogens is 1. The van der Waals surface area contributed by atoms with Gasteiger partial charge in [-0.3, -0.25) is 9.59 Å². The number of benzene rings is 2. The molecule has 4 nitrogen and oxygen atoms in total. The molecule has 1 N–H and O–H groups in total. The average Bonchev–Trinajstić information content (AvgIpc) is 3.18. The van der Waals surface area contributed by atoms with Gasteiger partial charge in [-0.05, 0) is 36.2 Å². The van der Waals surface area contributed by atoms with Gasteiger partial charge in [0.1, 0.15) is 5.76 Å². The van der Waals surface area contributed by atoms with Crippen LogP contribution in [0.5, 0.6) is 0 Å². The van der Waals surface area contributed by atoms with Crippen molar-refractivity contribution < 1.29 is 14.7 Å². The van der Waals surface area contributed by atoms with Crippen LogP contribution in [-0.2, 0) is 9.59 Å². The van der Waals surface area contributed by atoms with Crippen LogP contribution in [0.3, 0.4) is 0 Å². The molecule has 0 spiro atoms. The van der Waals surface area contributed by atoms with Crippen LogP contribution < -0.4 is 0 Å². The maximum atomic E-state index is 13.1. The number of ketones is 1. The Kier molecular flexibility index (Phi) is 12.9. The molecular formula is C33H44ClNO3. The van der Waals surface area contributed by atoms with Crippen LogP contribution in [0.1, 0.15) is 114 Å². The summed E-state index contributed by atoms with van der Waals surface area (Å²) in [6, 6.07) is 15.6. The van der Waals surface area contributed by atoms with Gasteiger partial charge in [-0.2, -0.15) is 0 Å². The number of aliphatic hydroxyl groups excluding tert-OH is 1. The van der Waals surface area contributed by atoms with Crippen molar-refractivity contribution in [1.82, 2.24) is 4.90 Å². The molecule has 0 radical (unpaired) electrons. The molecule has 0 saturated carbocycles. The van der Waals surface area contributed by atoms with Crippen LogP contribution in [0, 0.1) is 0 Å². The first-order chi connectivity index (χ1) is 18.5. The lowest BCUT2D eigenvalue weighted by molar-refractivity contribution is -0.139. The highest BCUT2D eigenvalue weighted by Crippen LogP contribution is 2.39. The molecular weight excluding hydrogens is 494 g/mol. The number of hydrogen-bond acceptors (Lipinski definition) is 3. The van der Waals surface area contributed by atoms with Gasteiger partial charge in [0, 0.05) is 17.1 Å². The summed E-state index contributed by atoms with van der Waals surface area (Å²) in [4.78, 5) is 27.8. The van der Waals surface area contributed by atoms with Crippen molar-refractivity contribution >= 4 is 29.1 Å². The largest absolute Gasteiger partial charge is 0.507 e. The zero-order chi connectivity index (χ0) is 27.2. The lowest BCUT2D eigenvalue weighted by atomic mass is 9.95. The van der Waals surface area contributed by atoms with E-state index in [2.05, 4.69) is 6.92 Å². The highest BCUT2D eigenvalue weighted by Gasteiger charge is 2.45. The summed E-state index contributed by atoms with van der Waals surface area (Å²) in [6.45, 7) is 2.76. The maximum absolute atomic E-state index is 13.1. The minimum Gasteiger partial charge on any atom is -0.507 e. The number of aliphatic hydroxyl groups is 1. The number of unbranched alkanes of at least 4 members (excludes halogenated alkanes) is 13. The molecule has 0 aliphatic carbocycles. The molecule has 206 valence electrons. The zero-order valence-electron chi connectivity index (χ0n) is 23.0. The van der Waals surface area contributed by atoms with E-state index in [1.807, 2.05) is 30.3 Å². The molecule has 1 saturated heterocycles. The highest BCUT2D eigenvalue weighted by atomic mass is 35.5. The Hall–Kier alpha value is -2.59. The van der Waals surface area contributed by atoms with Gasteiger partial charge in [-0.1, -0.05) is 132 Å². The number of amides is 1. The fourth-order valence-corrected chi connectivity index (χ4v) is 5.46. The minimum absolute atomic E-state index is 0.147. The first kappa shape index (κ1) is 30.0. The smallest absolute Gasteiger partial charge is 0.295 e. The number of likely N-dealkylation sites (tertiary alicyclic amines) is 1.